The Hall–Kier alpha value is -7.32. The van der Waals surface area contributed by atoms with Gasteiger partial charge in [0.1, 0.15) is 0 Å². The van der Waals surface area contributed by atoms with Gasteiger partial charge in [0, 0.05) is 48.4 Å². The molecule has 0 fully saturated rings. The molecule has 4 aromatic carbocycles. The van der Waals surface area contributed by atoms with E-state index in [1.54, 1.807) is 12.1 Å². The second-order valence-corrected chi connectivity index (χ2v) is 17.9. The Morgan fingerprint density at radius 2 is 0.606 bits per heavy atom. The van der Waals surface area contributed by atoms with E-state index in [-0.39, 0.29) is 47.5 Å². The van der Waals surface area contributed by atoms with E-state index >= 15 is 0 Å². The summed E-state index contributed by atoms with van der Waals surface area (Å²) in [7, 11) is 0. The normalized spacial score (nSPS) is 10.6. The van der Waals surface area contributed by atoms with Crippen LogP contribution < -0.4 is 21.3 Å². The Morgan fingerprint density at radius 1 is 0.364 bits per heavy atom. The lowest BCUT2D eigenvalue weighted by Crippen LogP contribution is -2.26. The van der Waals surface area contributed by atoms with Crippen LogP contribution >= 0.6 is 0 Å². The number of hydrogen-bond acceptors (Lipinski definition) is 4. The van der Waals surface area contributed by atoms with Crippen molar-refractivity contribution in [3.05, 3.63) is 238 Å². The fraction of sp³-hybridized carbons (Fsp3) is 0.241. The average Bonchev–Trinajstić information content (AvgIpc) is 3.28. The first-order valence-electron chi connectivity index (χ1n) is 22.4. The quantitative estimate of drug-likeness (QED) is 0.120. The van der Waals surface area contributed by atoms with Gasteiger partial charge in [0.15, 0.2) is 0 Å². The lowest BCUT2D eigenvalue weighted by atomic mass is 9.85. The molecule has 0 saturated heterocycles. The van der Waals surface area contributed by atoms with Crippen LogP contribution in [0.4, 0.5) is 0 Å². The zero-order chi connectivity index (χ0) is 48.0. The van der Waals surface area contributed by atoms with Gasteiger partial charge in [-0.1, -0.05) is 193 Å². The second kappa shape index (κ2) is 25.8. The number of carbonyl (C=O) groups excluding carboxylic acids is 4. The van der Waals surface area contributed by atoms with E-state index in [9.17, 15) is 19.2 Å². The Bertz CT molecular complexity index is 2510. The van der Waals surface area contributed by atoms with Gasteiger partial charge in [-0.15, -0.1) is 0 Å². The largest absolute Gasteiger partial charge is 0.352 e. The van der Waals surface area contributed by atoms with E-state index in [1.165, 1.54) is 0 Å². The molecular weight excluding hydrogens is 817 g/mol. The zero-order valence-corrected chi connectivity index (χ0v) is 39.8. The van der Waals surface area contributed by atoms with E-state index in [2.05, 4.69) is 62.8 Å². The molecule has 0 radical (unpaired) electrons. The van der Waals surface area contributed by atoms with Crippen LogP contribution in [-0.2, 0) is 30.5 Å². The number of carbonyl (C=O) groups is 4. The molecule has 0 aliphatic carbocycles. The lowest BCUT2D eigenvalue weighted by molar-refractivity contribution is 0.0936. The minimum Gasteiger partial charge on any atom is -0.352 e. The summed E-state index contributed by atoms with van der Waals surface area (Å²) in [6.45, 7) is 17.6. The van der Waals surface area contributed by atoms with Crippen LogP contribution in [0.1, 0.15) is 123 Å². The summed E-state index contributed by atoms with van der Waals surface area (Å²) < 4.78 is 0. The molecule has 66 heavy (non-hydrogen) atoms. The molecule has 0 aromatic heterocycles. The molecule has 4 N–H and O–H groups in total. The number of aryl methyl sites for hydroxylation is 1. The molecule has 0 saturated carbocycles. The summed E-state index contributed by atoms with van der Waals surface area (Å²) in [5.74, 6) is -1.05. The third kappa shape index (κ3) is 18.0. The summed E-state index contributed by atoms with van der Waals surface area (Å²) in [5.41, 5.74) is 6.68. The molecule has 0 unspecified atom stereocenters. The molecule has 0 bridgehead atoms. The smallest absolute Gasteiger partial charge is 0.251 e. The van der Waals surface area contributed by atoms with Crippen molar-refractivity contribution < 1.29 is 19.2 Å². The van der Waals surface area contributed by atoms with Crippen LogP contribution in [0, 0.1) is 6.92 Å². The zero-order valence-electron chi connectivity index (χ0n) is 39.8. The number of nitrogens with one attached hydrogen (secondary N) is 4. The molecule has 0 spiro atoms. The van der Waals surface area contributed by atoms with E-state index in [0.29, 0.717) is 35.3 Å². The maximum Gasteiger partial charge on any atom is 0.251 e. The van der Waals surface area contributed by atoms with Gasteiger partial charge in [0.25, 0.3) is 23.6 Å². The highest BCUT2D eigenvalue weighted by Crippen LogP contribution is 2.26. The Balaban J connectivity index is 1.48. The highest BCUT2D eigenvalue weighted by Gasteiger charge is 2.21. The van der Waals surface area contributed by atoms with Gasteiger partial charge in [0.05, 0.1) is 0 Å². The van der Waals surface area contributed by atoms with E-state index in [4.69, 9.17) is 0 Å². The van der Waals surface area contributed by atoms with Crippen LogP contribution in [0.15, 0.2) is 182 Å². The first-order chi connectivity index (χ1) is 31.5. The van der Waals surface area contributed by atoms with E-state index in [0.717, 1.165) is 33.4 Å². The monoisotopic (exact) mass is 883 g/mol. The summed E-state index contributed by atoms with van der Waals surface area (Å²) >= 11 is 0. The molecule has 8 heteroatoms. The summed E-state index contributed by atoms with van der Waals surface area (Å²) in [6.07, 6.45) is 0. The number of benzene rings is 2. The van der Waals surface area contributed by atoms with Crippen LogP contribution in [0.25, 0.3) is 0 Å². The van der Waals surface area contributed by atoms with Crippen LogP contribution in [0.3, 0.4) is 0 Å². The van der Waals surface area contributed by atoms with Gasteiger partial charge in [-0.3, -0.25) is 19.2 Å². The maximum atomic E-state index is 13.7. The molecule has 0 atom stereocenters. The van der Waals surface area contributed by atoms with Crippen molar-refractivity contribution in [1.82, 2.24) is 21.3 Å². The first kappa shape index (κ1) is 51.3. The minimum absolute atomic E-state index is 0.213. The fourth-order valence-electron chi connectivity index (χ4n) is 6.34. The highest BCUT2D eigenvalue weighted by molar-refractivity contribution is 6.01. The van der Waals surface area contributed by atoms with Gasteiger partial charge in [-0.2, -0.15) is 0 Å². The lowest BCUT2D eigenvalue weighted by Gasteiger charge is -2.21. The third-order valence-corrected chi connectivity index (χ3v) is 10.3. The molecule has 0 aliphatic rings. The van der Waals surface area contributed by atoms with E-state index < -0.39 is 0 Å². The predicted molar refractivity (Wildman–Crippen MR) is 270 cm³/mol. The maximum absolute atomic E-state index is 13.7. The van der Waals surface area contributed by atoms with Crippen molar-refractivity contribution in [3.8, 4) is 0 Å². The van der Waals surface area contributed by atoms with Gasteiger partial charge in [-0.05, 0) is 88.9 Å². The van der Waals surface area contributed by atoms with Crippen molar-refractivity contribution in [3.63, 3.8) is 0 Å². The Morgan fingerprint density at radius 3 is 0.848 bits per heavy atom. The number of amides is 4. The van der Waals surface area contributed by atoms with E-state index in [1.807, 2.05) is 184 Å². The van der Waals surface area contributed by atoms with Crippen molar-refractivity contribution in [2.45, 2.75) is 85.9 Å². The summed E-state index contributed by atoms with van der Waals surface area (Å²) in [4.78, 5) is 53.5. The summed E-state index contributed by atoms with van der Waals surface area (Å²) in [5, 5.41) is 11.9. The number of hydrogen-bond donors (Lipinski definition) is 4. The Labute approximate surface area is 392 Å². The number of rotatable bonds is 11. The average molecular weight is 883 g/mol. The van der Waals surface area contributed by atoms with Crippen molar-refractivity contribution in [2.75, 3.05) is 6.54 Å². The molecule has 4 rings (SSSR count). The second-order valence-electron chi connectivity index (χ2n) is 17.9. The van der Waals surface area contributed by atoms with Gasteiger partial charge in [-0.25, -0.2) is 0 Å². The third-order valence-electron chi connectivity index (χ3n) is 10.3. The van der Waals surface area contributed by atoms with Crippen LogP contribution in [0.5, 0.6) is 0 Å². The minimum atomic E-state index is -0.314. The molecular formula is C58H66N4O4. The molecule has 4 amide bonds. The van der Waals surface area contributed by atoms with Gasteiger partial charge >= 0.3 is 0 Å². The molecule has 342 valence electrons. The standard InChI is InChI=1S/C58H66N4O4/c1-9-59-53(63)47-34-48(37-51(36-47)57(3,4)5)54(64)60-41-45-30-22-14-16-24-32-46(33-25-17-15-23-31-45)42-62-56(66)50-35-49(38-52(39-50)58(6,7)8)55(65)61-40-44-28-20-12-10-18-26-43(2)27-19-11-13-21-29-44/h10-39H,9,40-42H2,1-8H3,(H,59,63)(H,60,64)(H,61,65)(H,62,66). The summed E-state index contributed by atoms with van der Waals surface area (Å²) in [6, 6.07) is 57.2. The fourth-order valence-corrected chi connectivity index (χ4v) is 6.34. The van der Waals surface area contributed by atoms with Gasteiger partial charge in [0.2, 0.25) is 0 Å². The van der Waals surface area contributed by atoms with Crippen molar-refractivity contribution in [1.29, 1.82) is 0 Å². The Kier molecular flexibility index (Phi) is 20.1. The molecule has 4 aromatic rings. The molecule has 0 heterocycles. The SMILES string of the molecule is CCNC(=O)c1cc(C(=O)NCc2ccccccc(CNC(=O)c3cc(C(=O)NCc4ccccccc(C)cccccc4)cc(C(C)(C)C)c3)cccccc2)cc(C(C)(C)C)c1. The van der Waals surface area contributed by atoms with Crippen molar-refractivity contribution >= 4 is 23.6 Å². The topological polar surface area (TPSA) is 116 Å². The first-order valence-corrected chi connectivity index (χ1v) is 22.4. The molecule has 8 nitrogen and oxygen atoms in total. The van der Waals surface area contributed by atoms with Crippen LogP contribution in [0.2, 0.25) is 0 Å². The highest BCUT2D eigenvalue weighted by atomic mass is 16.2. The van der Waals surface area contributed by atoms with Gasteiger partial charge < -0.3 is 21.3 Å². The predicted octanol–water partition coefficient (Wildman–Crippen LogP) is 11.6. The molecule has 0 aliphatic heterocycles. The van der Waals surface area contributed by atoms with Crippen LogP contribution in [-0.4, -0.2) is 30.2 Å². The van der Waals surface area contributed by atoms with Crippen molar-refractivity contribution in [2.24, 2.45) is 0 Å².